The third-order valence-electron chi connectivity index (χ3n) is 10.0. The number of urea groups is 2. The second-order valence-corrected chi connectivity index (χ2v) is 14.1. The number of para-hydroxylation sites is 1. The predicted octanol–water partition coefficient (Wildman–Crippen LogP) is 6.87. The quantitative estimate of drug-likeness (QED) is 0.131. The smallest absolute Gasteiger partial charge is 0.328 e. The molecular weight excluding hydrogens is 678 g/mol. The van der Waals surface area contributed by atoms with Gasteiger partial charge in [0.2, 0.25) is 5.91 Å². The zero-order valence-corrected chi connectivity index (χ0v) is 30.9. The average Bonchev–Trinajstić information content (AvgIpc) is 3.32. The Hall–Kier alpha value is -5.59. The van der Waals surface area contributed by atoms with Crippen LogP contribution in [0.2, 0.25) is 0 Å². The minimum absolute atomic E-state index is 0.0841. The molecule has 4 N–H and O–H groups in total. The molecule has 0 radical (unpaired) electrons. The highest BCUT2D eigenvalue weighted by atomic mass is 16.5. The van der Waals surface area contributed by atoms with Crippen molar-refractivity contribution in [2.24, 2.45) is 5.92 Å². The van der Waals surface area contributed by atoms with Gasteiger partial charge in [-0.05, 0) is 73.6 Å². The number of hydrogen-bond acceptors (Lipinski definition) is 7. The van der Waals surface area contributed by atoms with Crippen LogP contribution in [0.4, 0.5) is 21.0 Å². The summed E-state index contributed by atoms with van der Waals surface area (Å²) in [5, 5.41) is 18.3. The minimum Gasteiger partial charge on any atom is -0.497 e. The molecule has 1 aliphatic heterocycles. The molecule has 13 heteroatoms. The SMILES string of the molecule is COc1ccc([C@H](CC(=O)O)NC(=O)[C@H](CC(C)C)N2C(=O)N(Cc3ccc(NC(=O)Nc4ccccc4C)cc3)C3(CCCCC3)C2=O)c(OC)c1. The largest absolute Gasteiger partial charge is 0.497 e. The second kappa shape index (κ2) is 16.8. The van der Waals surface area contributed by atoms with Crippen LogP contribution in [0.5, 0.6) is 11.5 Å². The zero-order chi connectivity index (χ0) is 38.3. The lowest BCUT2D eigenvalue weighted by Crippen LogP contribution is -2.53. The molecule has 0 aromatic heterocycles. The number of amides is 6. The Balaban J connectivity index is 1.39. The van der Waals surface area contributed by atoms with Crippen molar-refractivity contribution in [1.82, 2.24) is 15.1 Å². The van der Waals surface area contributed by atoms with Crippen molar-refractivity contribution in [1.29, 1.82) is 0 Å². The van der Waals surface area contributed by atoms with Crippen LogP contribution in [-0.4, -0.2) is 70.6 Å². The molecule has 1 saturated carbocycles. The number of nitrogens with one attached hydrogen (secondary N) is 3. The molecule has 6 amide bonds. The average molecular weight is 728 g/mol. The van der Waals surface area contributed by atoms with Gasteiger partial charge in [-0.15, -0.1) is 0 Å². The lowest BCUT2D eigenvalue weighted by Gasteiger charge is -2.38. The molecule has 1 heterocycles. The first-order valence-corrected chi connectivity index (χ1v) is 18.0. The lowest BCUT2D eigenvalue weighted by molar-refractivity contribution is -0.142. The number of ether oxygens (including phenoxy) is 2. The Morgan fingerprint density at radius 3 is 2.23 bits per heavy atom. The van der Waals surface area contributed by atoms with E-state index >= 15 is 0 Å². The molecule has 2 atom stereocenters. The molecule has 1 aliphatic carbocycles. The van der Waals surface area contributed by atoms with Crippen molar-refractivity contribution in [3.63, 3.8) is 0 Å². The summed E-state index contributed by atoms with van der Waals surface area (Å²) >= 11 is 0. The zero-order valence-electron chi connectivity index (χ0n) is 30.9. The fourth-order valence-corrected chi connectivity index (χ4v) is 7.29. The molecule has 1 spiro atoms. The van der Waals surface area contributed by atoms with Gasteiger partial charge in [0.25, 0.3) is 5.91 Å². The standard InChI is InChI=1S/C40H49N5O8/c1-25(2)21-33(36(48)42-32(23-35(46)47)30-18-17-29(52-4)22-34(30)53-5)45-37(49)40(19-9-6-10-20-40)44(39(45)51)24-27-13-15-28(16-14-27)41-38(50)43-31-12-8-7-11-26(31)3/h7-8,11-18,22,25,32-33H,6,9-10,19-21,23-24H2,1-5H3,(H,42,48)(H,46,47)(H2,41,43,50)/t32-,33-/m0/s1. The molecule has 3 aromatic rings. The fourth-order valence-electron chi connectivity index (χ4n) is 7.29. The first kappa shape index (κ1) is 38.6. The number of aliphatic carboxylic acids is 1. The van der Waals surface area contributed by atoms with E-state index < -0.39 is 53.9 Å². The third kappa shape index (κ3) is 8.73. The molecule has 3 aromatic carbocycles. The summed E-state index contributed by atoms with van der Waals surface area (Å²) in [5.74, 6) is -1.46. The number of nitrogens with zero attached hydrogens (tertiary/aromatic N) is 2. The minimum atomic E-state index is -1.18. The molecule has 0 bridgehead atoms. The van der Waals surface area contributed by atoms with Crippen LogP contribution >= 0.6 is 0 Å². The maximum atomic E-state index is 14.6. The van der Waals surface area contributed by atoms with Gasteiger partial charge < -0.3 is 35.4 Å². The van der Waals surface area contributed by atoms with E-state index in [-0.39, 0.29) is 18.9 Å². The Bertz CT molecular complexity index is 1820. The molecular formula is C40H49N5O8. The van der Waals surface area contributed by atoms with Crippen molar-refractivity contribution in [2.75, 3.05) is 24.9 Å². The van der Waals surface area contributed by atoms with Crippen LogP contribution in [0, 0.1) is 12.8 Å². The summed E-state index contributed by atoms with van der Waals surface area (Å²) < 4.78 is 10.8. The maximum absolute atomic E-state index is 14.6. The summed E-state index contributed by atoms with van der Waals surface area (Å²) in [7, 11) is 2.93. The number of imide groups is 1. The maximum Gasteiger partial charge on any atom is 0.328 e. The van der Waals surface area contributed by atoms with Crippen LogP contribution < -0.4 is 25.4 Å². The number of benzene rings is 3. The fraction of sp³-hybridized carbons (Fsp3) is 0.425. The number of hydrogen-bond donors (Lipinski definition) is 4. The molecule has 13 nitrogen and oxygen atoms in total. The Morgan fingerprint density at radius 1 is 0.906 bits per heavy atom. The van der Waals surface area contributed by atoms with Crippen LogP contribution in [0.15, 0.2) is 66.7 Å². The highest BCUT2D eigenvalue weighted by Crippen LogP contribution is 2.43. The molecule has 2 aliphatic rings. The molecule has 0 unspecified atom stereocenters. The number of anilines is 2. The van der Waals surface area contributed by atoms with E-state index in [1.165, 1.54) is 14.2 Å². The van der Waals surface area contributed by atoms with Crippen LogP contribution in [0.1, 0.15) is 81.5 Å². The van der Waals surface area contributed by atoms with Gasteiger partial charge in [-0.2, -0.15) is 0 Å². The number of rotatable bonds is 14. The van der Waals surface area contributed by atoms with Gasteiger partial charge in [-0.25, -0.2) is 14.5 Å². The van der Waals surface area contributed by atoms with Gasteiger partial charge in [0.15, 0.2) is 0 Å². The summed E-state index contributed by atoms with van der Waals surface area (Å²) in [4.78, 5) is 70.7. The highest BCUT2D eigenvalue weighted by Gasteiger charge is 2.59. The first-order valence-electron chi connectivity index (χ1n) is 18.0. The second-order valence-electron chi connectivity index (χ2n) is 14.1. The molecule has 53 heavy (non-hydrogen) atoms. The van der Waals surface area contributed by atoms with Crippen LogP contribution in [0.25, 0.3) is 0 Å². The van der Waals surface area contributed by atoms with Crippen molar-refractivity contribution < 1.29 is 38.6 Å². The van der Waals surface area contributed by atoms with Gasteiger partial charge in [0.05, 0.1) is 26.7 Å². The van der Waals surface area contributed by atoms with E-state index in [2.05, 4.69) is 16.0 Å². The van der Waals surface area contributed by atoms with E-state index in [0.717, 1.165) is 35.3 Å². The molecule has 5 rings (SSSR count). The number of carboxylic acids is 1. The number of aryl methyl sites for hydroxylation is 1. The van der Waals surface area contributed by atoms with Gasteiger partial charge in [0.1, 0.15) is 23.1 Å². The summed E-state index contributed by atoms with van der Waals surface area (Å²) in [6.07, 6.45) is 3.08. The highest BCUT2D eigenvalue weighted by molar-refractivity contribution is 6.10. The summed E-state index contributed by atoms with van der Waals surface area (Å²) in [5.41, 5.74) is 2.23. The Morgan fingerprint density at radius 2 is 1.60 bits per heavy atom. The van der Waals surface area contributed by atoms with Crippen LogP contribution in [0.3, 0.4) is 0 Å². The van der Waals surface area contributed by atoms with E-state index in [4.69, 9.17) is 9.47 Å². The van der Waals surface area contributed by atoms with Gasteiger partial charge in [0, 0.05) is 29.5 Å². The number of carboxylic acid groups (broad SMARTS) is 1. The predicted molar refractivity (Wildman–Crippen MR) is 200 cm³/mol. The topological polar surface area (TPSA) is 167 Å². The summed E-state index contributed by atoms with van der Waals surface area (Å²) in [6, 6.07) is 16.3. The Kier molecular flexibility index (Phi) is 12.3. The van der Waals surface area contributed by atoms with Crippen molar-refractivity contribution in [2.45, 2.75) is 89.9 Å². The lowest BCUT2D eigenvalue weighted by atomic mass is 9.80. The van der Waals surface area contributed by atoms with E-state index in [9.17, 15) is 29.1 Å². The van der Waals surface area contributed by atoms with E-state index in [1.54, 1.807) is 47.4 Å². The molecule has 1 saturated heterocycles. The number of carbonyl (C=O) groups is 5. The first-order chi connectivity index (χ1) is 25.4. The van der Waals surface area contributed by atoms with Gasteiger partial charge in [-0.3, -0.25) is 14.4 Å². The van der Waals surface area contributed by atoms with Gasteiger partial charge in [-0.1, -0.05) is 63.4 Å². The van der Waals surface area contributed by atoms with Crippen molar-refractivity contribution in [3.05, 3.63) is 83.4 Å². The molecule has 282 valence electrons. The normalized spacial score (nSPS) is 16.3. The van der Waals surface area contributed by atoms with Crippen molar-refractivity contribution in [3.8, 4) is 11.5 Å². The third-order valence-corrected chi connectivity index (χ3v) is 10.0. The molecule has 2 fully saturated rings. The Labute approximate surface area is 310 Å². The monoisotopic (exact) mass is 727 g/mol. The number of methoxy groups -OCH3 is 2. The van der Waals surface area contributed by atoms with Crippen LogP contribution in [-0.2, 0) is 20.9 Å². The van der Waals surface area contributed by atoms with Gasteiger partial charge >= 0.3 is 18.0 Å². The van der Waals surface area contributed by atoms with E-state index in [1.807, 2.05) is 45.0 Å². The van der Waals surface area contributed by atoms with Crippen molar-refractivity contribution >= 4 is 41.2 Å². The van der Waals surface area contributed by atoms with E-state index in [0.29, 0.717) is 41.3 Å². The number of carbonyl (C=O) groups excluding carboxylic acids is 4. The summed E-state index contributed by atoms with van der Waals surface area (Å²) in [6.45, 7) is 5.83.